The Bertz CT molecular complexity index is 455. The summed E-state index contributed by atoms with van der Waals surface area (Å²) >= 11 is 0. The van der Waals surface area contributed by atoms with Crippen molar-refractivity contribution in [3.63, 3.8) is 0 Å². The van der Waals surface area contributed by atoms with Crippen molar-refractivity contribution in [3.8, 4) is 0 Å². The van der Waals surface area contributed by atoms with Gasteiger partial charge >= 0.3 is 5.97 Å². The topological polar surface area (TPSA) is 66.8 Å². The molecule has 1 heterocycles. The highest BCUT2D eigenvalue weighted by Gasteiger charge is 2.58. The maximum Gasteiger partial charge on any atom is 0.309 e. The van der Waals surface area contributed by atoms with E-state index in [9.17, 15) is 15.0 Å². The summed E-state index contributed by atoms with van der Waals surface area (Å²) in [6.45, 7) is 5.88. The van der Waals surface area contributed by atoms with E-state index in [0.29, 0.717) is 6.42 Å². The van der Waals surface area contributed by atoms with Crippen molar-refractivity contribution < 1.29 is 19.7 Å². The van der Waals surface area contributed by atoms with Crippen LogP contribution >= 0.6 is 0 Å². The highest BCUT2D eigenvalue weighted by Crippen LogP contribution is 2.55. The molecule has 1 saturated heterocycles. The van der Waals surface area contributed by atoms with Gasteiger partial charge in [0.1, 0.15) is 6.10 Å². The Balaban J connectivity index is 2.10. The summed E-state index contributed by atoms with van der Waals surface area (Å²) in [6, 6.07) is 0. The zero-order chi connectivity index (χ0) is 13.9. The Morgan fingerprint density at radius 2 is 2.05 bits per heavy atom. The van der Waals surface area contributed by atoms with E-state index in [1.807, 2.05) is 13.8 Å². The second-order valence-electron chi connectivity index (χ2n) is 6.66. The molecule has 1 saturated carbocycles. The van der Waals surface area contributed by atoms with E-state index in [4.69, 9.17) is 4.74 Å². The molecule has 2 aliphatic carbocycles. The fourth-order valence-electron chi connectivity index (χ4n) is 4.37. The number of rotatable bonds is 0. The Labute approximate surface area is 113 Å². The molecular formula is C15H22O4. The van der Waals surface area contributed by atoms with Crippen LogP contribution in [0.3, 0.4) is 0 Å². The van der Waals surface area contributed by atoms with Crippen LogP contribution < -0.4 is 0 Å². The van der Waals surface area contributed by atoms with Crippen LogP contribution in [-0.2, 0) is 9.53 Å². The fourth-order valence-corrected chi connectivity index (χ4v) is 4.37. The summed E-state index contributed by atoms with van der Waals surface area (Å²) in [6.07, 6.45) is 0.697. The van der Waals surface area contributed by atoms with Gasteiger partial charge in [-0.3, -0.25) is 4.79 Å². The second-order valence-corrected chi connectivity index (χ2v) is 6.66. The molecule has 0 spiro atoms. The first-order valence-electron chi connectivity index (χ1n) is 7.13. The van der Waals surface area contributed by atoms with Gasteiger partial charge in [0.15, 0.2) is 0 Å². The van der Waals surface area contributed by atoms with E-state index < -0.39 is 17.6 Å². The van der Waals surface area contributed by atoms with E-state index in [-0.39, 0.29) is 23.9 Å². The Morgan fingerprint density at radius 3 is 2.74 bits per heavy atom. The number of hydrogen-bond acceptors (Lipinski definition) is 4. The standard InChI is InChI=1S/C15H22O4/c1-7-4-5-10(17)15(3)6-9(16)11-8(2)14(18)19-13(11)12(7)15/h8-11,13,16-17H,4-6H2,1-3H3/t8-,9-,10+,11+,13-,15-/m0/s1. The minimum absolute atomic E-state index is 0.157. The maximum absolute atomic E-state index is 11.8. The minimum atomic E-state index is -0.583. The van der Waals surface area contributed by atoms with E-state index in [1.165, 1.54) is 5.57 Å². The molecule has 19 heavy (non-hydrogen) atoms. The minimum Gasteiger partial charge on any atom is -0.457 e. The number of allylic oxidation sites excluding steroid dienone is 1. The molecule has 0 aromatic rings. The number of fused-ring (bicyclic) bond motifs is 3. The van der Waals surface area contributed by atoms with Crippen molar-refractivity contribution in [1.82, 2.24) is 0 Å². The van der Waals surface area contributed by atoms with Crippen LogP contribution in [0.15, 0.2) is 11.1 Å². The van der Waals surface area contributed by atoms with Crippen molar-refractivity contribution in [1.29, 1.82) is 0 Å². The van der Waals surface area contributed by atoms with E-state index in [1.54, 1.807) is 0 Å². The van der Waals surface area contributed by atoms with Gasteiger partial charge in [-0.15, -0.1) is 0 Å². The summed E-state index contributed by atoms with van der Waals surface area (Å²) < 4.78 is 5.53. The largest absolute Gasteiger partial charge is 0.457 e. The van der Waals surface area contributed by atoms with Crippen molar-refractivity contribution >= 4 is 5.97 Å². The first-order valence-corrected chi connectivity index (χ1v) is 7.13. The van der Waals surface area contributed by atoms with Crippen LogP contribution in [0.25, 0.3) is 0 Å². The van der Waals surface area contributed by atoms with E-state index in [0.717, 1.165) is 18.4 Å². The molecule has 6 atom stereocenters. The normalized spacial score (nSPS) is 49.7. The van der Waals surface area contributed by atoms with Gasteiger partial charge in [0, 0.05) is 11.3 Å². The number of hydrogen-bond donors (Lipinski definition) is 2. The highest BCUT2D eigenvalue weighted by molar-refractivity contribution is 5.76. The van der Waals surface area contributed by atoms with E-state index >= 15 is 0 Å². The van der Waals surface area contributed by atoms with Crippen molar-refractivity contribution in [2.75, 3.05) is 0 Å². The van der Waals surface area contributed by atoms with Crippen LogP contribution in [0.5, 0.6) is 0 Å². The third kappa shape index (κ3) is 1.62. The van der Waals surface area contributed by atoms with Crippen molar-refractivity contribution in [2.45, 2.75) is 58.3 Å². The van der Waals surface area contributed by atoms with Gasteiger partial charge < -0.3 is 14.9 Å². The highest BCUT2D eigenvalue weighted by atomic mass is 16.6. The van der Waals surface area contributed by atoms with E-state index in [2.05, 4.69) is 6.92 Å². The van der Waals surface area contributed by atoms with Gasteiger partial charge in [0.05, 0.1) is 18.1 Å². The van der Waals surface area contributed by atoms with Gasteiger partial charge in [-0.05, 0) is 31.8 Å². The summed E-state index contributed by atoms with van der Waals surface area (Å²) in [5, 5.41) is 20.8. The van der Waals surface area contributed by atoms with Crippen molar-refractivity contribution in [2.24, 2.45) is 17.3 Å². The number of carbonyl (C=O) groups excluding carboxylic acids is 1. The number of carbonyl (C=O) groups is 1. The summed E-state index contributed by atoms with van der Waals surface area (Å²) in [7, 11) is 0. The molecule has 4 nitrogen and oxygen atoms in total. The zero-order valence-electron chi connectivity index (χ0n) is 11.7. The molecule has 3 aliphatic rings. The summed E-state index contributed by atoms with van der Waals surface area (Å²) in [5.74, 6) is -0.640. The lowest BCUT2D eigenvalue weighted by molar-refractivity contribution is -0.144. The molecular weight excluding hydrogens is 244 g/mol. The van der Waals surface area contributed by atoms with Crippen LogP contribution in [-0.4, -0.2) is 34.5 Å². The smallest absolute Gasteiger partial charge is 0.309 e. The number of aliphatic hydroxyl groups excluding tert-OH is 2. The first-order chi connectivity index (χ1) is 8.86. The number of esters is 1. The number of ether oxygens (including phenoxy) is 1. The Kier molecular flexibility index (Phi) is 2.81. The molecule has 0 unspecified atom stereocenters. The Morgan fingerprint density at radius 1 is 1.37 bits per heavy atom. The average molecular weight is 266 g/mol. The van der Waals surface area contributed by atoms with Crippen LogP contribution in [0.1, 0.15) is 40.0 Å². The quantitative estimate of drug-likeness (QED) is 0.514. The first kappa shape index (κ1) is 13.1. The summed E-state index contributed by atoms with van der Waals surface area (Å²) in [4.78, 5) is 11.8. The lowest BCUT2D eigenvalue weighted by Crippen LogP contribution is -2.52. The predicted molar refractivity (Wildman–Crippen MR) is 69.2 cm³/mol. The van der Waals surface area contributed by atoms with Gasteiger partial charge in [0.25, 0.3) is 0 Å². The average Bonchev–Trinajstić information content (AvgIpc) is 2.61. The molecule has 2 fully saturated rings. The maximum atomic E-state index is 11.8. The third-order valence-electron chi connectivity index (χ3n) is 5.51. The van der Waals surface area contributed by atoms with Crippen molar-refractivity contribution in [3.05, 3.63) is 11.1 Å². The van der Waals surface area contributed by atoms with Crippen LogP contribution in [0.2, 0.25) is 0 Å². The predicted octanol–water partition coefficient (Wildman–Crippen LogP) is 1.41. The monoisotopic (exact) mass is 266 g/mol. The molecule has 1 aliphatic heterocycles. The van der Waals surface area contributed by atoms with Crippen LogP contribution in [0.4, 0.5) is 0 Å². The van der Waals surface area contributed by atoms with Gasteiger partial charge in [-0.1, -0.05) is 19.4 Å². The third-order valence-corrected chi connectivity index (χ3v) is 5.51. The zero-order valence-corrected chi connectivity index (χ0v) is 11.7. The molecule has 2 N–H and O–H groups in total. The Hall–Kier alpha value is -0.870. The molecule has 0 amide bonds. The lowest BCUT2D eigenvalue weighted by Gasteiger charge is -2.50. The molecule has 106 valence electrons. The van der Waals surface area contributed by atoms with Crippen LogP contribution in [0, 0.1) is 17.3 Å². The second kappa shape index (κ2) is 4.06. The SMILES string of the molecule is CC1=C2[C@H]3OC(=O)[C@@H](C)[C@@H]3[C@@H](O)C[C@@]2(C)[C@H](O)CC1. The fraction of sp³-hybridized carbons (Fsp3) is 0.800. The molecule has 0 aromatic carbocycles. The molecule has 4 heteroatoms. The molecule has 3 rings (SSSR count). The summed E-state index contributed by atoms with van der Waals surface area (Å²) in [5.41, 5.74) is 1.84. The van der Waals surface area contributed by atoms with Gasteiger partial charge in [-0.2, -0.15) is 0 Å². The molecule has 0 bridgehead atoms. The van der Waals surface area contributed by atoms with Gasteiger partial charge in [0.2, 0.25) is 0 Å². The molecule has 0 radical (unpaired) electrons. The molecule has 0 aromatic heterocycles. The van der Waals surface area contributed by atoms with Gasteiger partial charge in [-0.25, -0.2) is 0 Å². The lowest BCUT2D eigenvalue weighted by atomic mass is 9.57. The number of aliphatic hydroxyl groups is 2.